The Bertz CT molecular complexity index is 677. The second-order valence-corrected chi connectivity index (χ2v) is 6.73. The molecule has 0 saturated carbocycles. The van der Waals surface area contributed by atoms with Crippen LogP contribution in [0.4, 0.5) is 0 Å². The molecule has 0 aliphatic heterocycles. The zero-order valence-electron chi connectivity index (χ0n) is 14.1. The van der Waals surface area contributed by atoms with E-state index in [1.54, 1.807) is 19.1 Å². The first-order valence-electron chi connectivity index (χ1n) is 7.72. The van der Waals surface area contributed by atoms with Gasteiger partial charge in [0.1, 0.15) is 5.82 Å². The normalized spacial score (nSPS) is 12.9. The number of carbonyl (C=O) groups is 1. The Morgan fingerprint density at radius 1 is 1.43 bits per heavy atom. The predicted octanol–water partition coefficient (Wildman–Crippen LogP) is 2.31. The molecule has 0 fully saturated rings. The van der Waals surface area contributed by atoms with Gasteiger partial charge in [0.25, 0.3) is 5.91 Å². The first kappa shape index (κ1) is 17.1. The van der Waals surface area contributed by atoms with Crippen molar-refractivity contribution in [2.75, 3.05) is 6.54 Å². The lowest BCUT2D eigenvalue weighted by Crippen LogP contribution is -2.35. The van der Waals surface area contributed by atoms with E-state index in [9.17, 15) is 9.90 Å². The summed E-state index contributed by atoms with van der Waals surface area (Å²) in [5.74, 6) is 1.17. The van der Waals surface area contributed by atoms with Gasteiger partial charge >= 0.3 is 0 Å². The predicted molar refractivity (Wildman–Crippen MR) is 89.0 cm³/mol. The minimum Gasteiger partial charge on any atom is -0.393 e. The van der Waals surface area contributed by atoms with Gasteiger partial charge in [0.2, 0.25) is 0 Å². The first-order valence-corrected chi connectivity index (χ1v) is 7.72. The van der Waals surface area contributed by atoms with Gasteiger partial charge in [-0.25, -0.2) is 4.98 Å². The van der Waals surface area contributed by atoms with Gasteiger partial charge in [-0.3, -0.25) is 9.89 Å². The summed E-state index contributed by atoms with van der Waals surface area (Å²) in [6, 6.07) is 7.23. The van der Waals surface area contributed by atoms with Crippen LogP contribution >= 0.6 is 0 Å². The molecule has 0 aliphatic rings. The van der Waals surface area contributed by atoms with Crippen LogP contribution < -0.4 is 5.32 Å². The molecule has 1 unspecified atom stereocenters. The Kier molecular flexibility index (Phi) is 5.15. The molecule has 0 spiro atoms. The van der Waals surface area contributed by atoms with Crippen LogP contribution in [0.3, 0.4) is 0 Å². The van der Waals surface area contributed by atoms with Crippen LogP contribution in [0.5, 0.6) is 0 Å². The summed E-state index contributed by atoms with van der Waals surface area (Å²) in [6.45, 7) is 8.13. The summed E-state index contributed by atoms with van der Waals surface area (Å²) in [5, 5.41) is 19.3. The molecule has 6 nitrogen and oxygen atoms in total. The van der Waals surface area contributed by atoms with Crippen molar-refractivity contribution in [3.8, 4) is 11.4 Å². The van der Waals surface area contributed by atoms with Crippen molar-refractivity contribution in [3.63, 3.8) is 0 Å². The Morgan fingerprint density at radius 2 is 2.17 bits per heavy atom. The third-order valence-corrected chi connectivity index (χ3v) is 3.56. The van der Waals surface area contributed by atoms with Gasteiger partial charge in [0, 0.05) is 17.7 Å². The number of amides is 1. The number of aliphatic hydroxyl groups is 1. The molecule has 0 bridgehead atoms. The summed E-state index contributed by atoms with van der Waals surface area (Å²) in [4.78, 5) is 16.6. The highest BCUT2D eigenvalue weighted by Gasteiger charge is 2.21. The zero-order valence-corrected chi connectivity index (χ0v) is 14.1. The number of aryl methyl sites for hydroxylation is 1. The van der Waals surface area contributed by atoms with Gasteiger partial charge in [-0.15, -0.1) is 0 Å². The number of hydrogen-bond acceptors (Lipinski definition) is 4. The van der Waals surface area contributed by atoms with E-state index in [0.717, 1.165) is 11.4 Å². The Hall–Kier alpha value is -2.21. The van der Waals surface area contributed by atoms with E-state index in [-0.39, 0.29) is 17.4 Å². The highest BCUT2D eigenvalue weighted by molar-refractivity contribution is 5.95. The fourth-order valence-electron chi connectivity index (χ4n) is 2.56. The lowest BCUT2D eigenvalue weighted by atomic mass is 9.87. The molecule has 124 valence electrons. The summed E-state index contributed by atoms with van der Waals surface area (Å²) < 4.78 is 0. The lowest BCUT2D eigenvalue weighted by Gasteiger charge is -2.26. The second kappa shape index (κ2) is 6.91. The summed E-state index contributed by atoms with van der Waals surface area (Å²) in [6.07, 6.45) is 0.239. The molecule has 1 aromatic heterocycles. The van der Waals surface area contributed by atoms with Crippen LogP contribution in [0.1, 0.15) is 43.4 Å². The van der Waals surface area contributed by atoms with E-state index in [1.807, 2.05) is 32.9 Å². The standard InChI is InChI=1S/C17H24N4O2/c1-11(22)9-17(3,4)10-18-16(23)14-7-5-6-13(8-14)15-19-12(2)20-21-15/h5-8,11,22H,9-10H2,1-4H3,(H,18,23)(H,19,20,21). The van der Waals surface area contributed by atoms with Crippen LogP contribution in [0.2, 0.25) is 0 Å². The number of aliphatic hydroxyl groups excluding tert-OH is 1. The van der Waals surface area contributed by atoms with Crippen LogP contribution in [-0.4, -0.2) is 38.8 Å². The molecule has 2 rings (SSSR count). The molecule has 0 aliphatic carbocycles. The average Bonchev–Trinajstić information content (AvgIpc) is 2.90. The van der Waals surface area contributed by atoms with Crippen molar-refractivity contribution in [1.29, 1.82) is 0 Å². The maximum Gasteiger partial charge on any atom is 0.251 e. The molecule has 2 aromatic rings. The van der Waals surface area contributed by atoms with Gasteiger partial charge < -0.3 is 10.4 Å². The average molecular weight is 316 g/mol. The van der Waals surface area contributed by atoms with Crippen molar-refractivity contribution in [1.82, 2.24) is 20.5 Å². The Balaban J connectivity index is 2.05. The summed E-state index contributed by atoms with van der Waals surface area (Å²) in [7, 11) is 0. The van der Waals surface area contributed by atoms with E-state index >= 15 is 0 Å². The SMILES string of the molecule is Cc1nc(-c2cccc(C(=O)NCC(C)(C)CC(C)O)c2)n[nH]1. The maximum atomic E-state index is 12.3. The lowest BCUT2D eigenvalue weighted by molar-refractivity contribution is 0.0902. The van der Waals surface area contributed by atoms with E-state index in [1.165, 1.54) is 0 Å². The first-order chi connectivity index (χ1) is 10.8. The van der Waals surface area contributed by atoms with Gasteiger partial charge in [-0.05, 0) is 37.8 Å². The number of nitrogens with zero attached hydrogens (tertiary/aromatic N) is 2. The van der Waals surface area contributed by atoms with Crippen molar-refractivity contribution in [3.05, 3.63) is 35.7 Å². The molecule has 1 atom stereocenters. The van der Waals surface area contributed by atoms with E-state index < -0.39 is 0 Å². The molecule has 23 heavy (non-hydrogen) atoms. The van der Waals surface area contributed by atoms with Gasteiger partial charge in [0.15, 0.2) is 5.82 Å². The van der Waals surface area contributed by atoms with Crippen molar-refractivity contribution in [2.45, 2.75) is 40.2 Å². The molecule has 0 saturated heterocycles. The number of nitrogens with one attached hydrogen (secondary N) is 2. The molecule has 1 amide bonds. The minimum absolute atomic E-state index is 0.141. The molecule has 6 heteroatoms. The number of H-pyrrole nitrogens is 1. The quantitative estimate of drug-likeness (QED) is 0.762. The number of aromatic amines is 1. The van der Waals surface area contributed by atoms with E-state index in [0.29, 0.717) is 24.4 Å². The van der Waals surface area contributed by atoms with Crippen molar-refractivity contribution in [2.24, 2.45) is 5.41 Å². The van der Waals surface area contributed by atoms with Crippen LogP contribution in [0.25, 0.3) is 11.4 Å². The van der Waals surface area contributed by atoms with Gasteiger partial charge in [-0.1, -0.05) is 26.0 Å². The number of carbonyl (C=O) groups excluding carboxylic acids is 1. The zero-order chi connectivity index (χ0) is 17.0. The Labute approximate surface area is 136 Å². The topological polar surface area (TPSA) is 90.9 Å². The largest absolute Gasteiger partial charge is 0.393 e. The molecule has 3 N–H and O–H groups in total. The third-order valence-electron chi connectivity index (χ3n) is 3.56. The highest BCUT2D eigenvalue weighted by Crippen LogP contribution is 2.21. The van der Waals surface area contributed by atoms with E-state index in [4.69, 9.17) is 0 Å². The Morgan fingerprint density at radius 3 is 2.78 bits per heavy atom. The summed E-state index contributed by atoms with van der Waals surface area (Å²) in [5.41, 5.74) is 1.20. The second-order valence-electron chi connectivity index (χ2n) is 6.73. The number of aromatic nitrogens is 3. The van der Waals surface area contributed by atoms with Crippen LogP contribution in [-0.2, 0) is 0 Å². The minimum atomic E-state index is -0.390. The fraction of sp³-hybridized carbons (Fsp3) is 0.471. The monoisotopic (exact) mass is 316 g/mol. The number of hydrogen-bond donors (Lipinski definition) is 3. The molecule has 1 heterocycles. The van der Waals surface area contributed by atoms with Gasteiger partial charge in [0.05, 0.1) is 6.10 Å². The molecular weight excluding hydrogens is 292 g/mol. The molecule has 1 aromatic carbocycles. The fourth-order valence-corrected chi connectivity index (χ4v) is 2.56. The number of benzene rings is 1. The smallest absolute Gasteiger partial charge is 0.251 e. The van der Waals surface area contributed by atoms with Gasteiger partial charge in [-0.2, -0.15) is 5.10 Å². The van der Waals surface area contributed by atoms with Crippen LogP contribution in [0, 0.1) is 12.3 Å². The van der Waals surface area contributed by atoms with E-state index in [2.05, 4.69) is 20.5 Å². The molecular formula is C17H24N4O2. The maximum absolute atomic E-state index is 12.3. The third kappa shape index (κ3) is 4.89. The number of rotatable bonds is 6. The summed E-state index contributed by atoms with van der Waals surface area (Å²) >= 11 is 0. The van der Waals surface area contributed by atoms with Crippen molar-refractivity contribution >= 4 is 5.91 Å². The highest BCUT2D eigenvalue weighted by atomic mass is 16.3. The molecule has 0 radical (unpaired) electrons. The van der Waals surface area contributed by atoms with Crippen molar-refractivity contribution < 1.29 is 9.90 Å². The van der Waals surface area contributed by atoms with Crippen LogP contribution in [0.15, 0.2) is 24.3 Å².